The third kappa shape index (κ3) is 4.70. The molecule has 0 spiro atoms. The van der Waals surface area contributed by atoms with Crippen LogP contribution in [0.4, 0.5) is 0 Å². The second-order valence-electron chi connectivity index (χ2n) is 4.57. The van der Waals surface area contributed by atoms with E-state index in [0.717, 1.165) is 17.0 Å². The van der Waals surface area contributed by atoms with E-state index in [1.165, 1.54) is 25.7 Å². The second-order valence-corrected chi connectivity index (χ2v) is 8.26. The van der Waals surface area contributed by atoms with Gasteiger partial charge in [-0.2, -0.15) is 0 Å². The summed E-state index contributed by atoms with van der Waals surface area (Å²) in [4.78, 5) is 0. The van der Waals surface area contributed by atoms with Crippen LogP contribution in [-0.2, 0) is 0 Å². The third-order valence-electron chi connectivity index (χ3n) is 2.94. The predicted octanol–water partition coefficient (Wildman–Crippen LogP) is 1.68. The molecule has 0 saturated heterocycles. The zero-order valence-electron chi connectivity index (χ0n) is 11.0. The molecule has 1 aliphatic rings. The zero-order valence-corrected chi connectivity index (χ0v) is 11.9. The van der Waals surface area contributed by atoms with Crippen LogP contribution in [0.5, 0.6) is 0 Å². The van der Waals surface area contributed by atoms with Crippen molar-refractivity contribution in [3.8, 4) is 0 Å². The molecule has 1 fully saturated rings. The molecular weight excluding hydrogens is 182 g/mol. The first-order valence-electron chi connectivity index (χ1n) is 5.40. The fourth-order valence-corrected chi connectivity index (χ4v) is 6.48. The number of hydrogen-bond donors (Lipinski definition) is 0. The molecule has 0 radical (unpaired) electrons. The van der Waals surface area contributed by atoms with Crippen molar-refractivity contribution < 1.29 is 18.9 Å². The van der Waals surface area contributed by atoms with Gasteiger partial charge < -0.3 is 7.43 Å². The molecule has 0 bridgehead atoms. The molecule has 0 N–H and O–H groups in total. The number of hydrogen-bond acceptors (Lipinski definition) is 0. The van der Waals surface area contributed by atoms with Gasteiger partial charge in [0.25, 0.3) is 0 Å². The van der Waals surface area contributed by atoms with Crippen LogP contribution in [0.15, 0.2) is 0 Å². The van der Waals surface area contributed by atoms with Crippen molar-refractivity contribution in [2.24, 2.45) is 0 Å². The maximum atomic E-state index is 2.42. The fourth-order valence-electron chi connectivity index (χ4n) is 2.64. The molecule has 14 heavy (non-hydrogen) atoms. The normalized spacial score (nSPS) is 17.4. The van der Waals surface area contributed by atoms with E-state index in [1.807, 2.05) is 0 Å². The first kappa shape index (κ1) is 17.4. The number of rotatable bonds is 3. The van der Waals surface area contributed by atoms with Crippen LogP contribution in [-0.4, -0.2) is 17.0 Å². The molecule has 0 aromatic rings. The largest absolute Gasteiger partial charge is 1.00 e. The van der Waals surface area contributed by atoms with Gasteiger partial charge in [-0.05, 0) is 29.8 Å². The van der Waals surface area contributed by atoms with Gasteiger partial charge in [0, 0.05) is 0 Å². The molecule has 0 aromatic carbocycles. The average molecular weight is 208 g/mol. The Hall–Kier alpha value is 1.03. The Labute approximate surface area is 105 Å². The van der Waals surface area contributed by atoms with Crippen molar-refractivity contribution in [3.05, 3.63) is 7.43 Å². The molecule has 1 aliphatic carbocycles. The van der Waals surface area contributed by atoms with E-state index >= 15 is 0 Å². The minimum atomic E-state index is 0. The Morgan fingerprint density at radius 1 is 0.929 bits per heavy atom. The molecular formula is C12H26LiP. The van der Waals surface area contributed by atoms with Crippen LogP contribution in [0, 0.1) is 7.43 Å². The van der Waals surface area contributed by atoms with Crippen LogP contribution < -0.4 is 18.9 Å². The molecule has 80 valence electrons. The summed E-state index contributed by atoms with van der Waals surface area (Å²) in [5.41, 5.74) is 3.01. The van der Waals surface area contributed by atoms with Gasteiger partial charge in [0.05, 0.1) is 0 Å². The van der Waals surface area contributed by atoms with Gasteiger partial charge in [0.1, 0.15) is 0 Å². The van der Waals surface area contributed by atoms with E-state index in [2.05, 4.69) is 27.7 Å². The van der Waals surface area contributed by atoms with E-state index in [0.29, 0.717) is 7.92 Å². The van der Waals surface area contributed by atoms with E-state index in [1.54, 1.807) is 0 Å². The van der Waals surface area contributed by atoms with Gasteiger partial charge >= 0.3 is 18.9 Å². The first-order chi connectivity index (χ1) is 5.63. The van der Waals surface area contributed by atoms with Crippen molar-refractivity contribution in [1.82, 2.24) is 0 Å². The molecule has 0 aromatic heterocycles. The Bertz CT molecular complexity index is 120. The molecule has 0 unspecified atom stereocenters. The Balaban J connectivity index is 0. The van der Waals surface area contributed by atoms with Crippen LogP contribution >= 0.6 is 7.92 Å². The summed E-state index contributed by atoms with van der Waals surface area (Å²) in [5, 5.41) is 0. The van der Waals surface area contributed by atoms with Gasteiger partial charge in [-0.3, -0.25) is 0 Å². The second kappa shape index (κ2) is 8.21. The van der Waals surface area contributed by atoms with E-state index < -0.39 is 0 Å². The predicted molar refractivity (Wildman–Crippen MR) is 65.9 cm³/mol. The molecule has 0 heterocycles. The Morgan fingerprint density at radius 3 is 1.57 bits per heavy atom. The van der Waals surface area contributed by atoms with E-state index in [4.69, 9.17) is 0 Å². The average Bonchev–Trinajstić information content (AvgIpc) is 2.37. The molecule has 1 saturated carbocycles. The smallest absolute Gasteiger partial charge is 0.358 e. The van der Waals surface area contributed by atoms with Crippen LogP contribution in [0.2, 0.25) is 0 Å². The summed E-state index contributed by atoms with van der Waals surface area (Å²) in [5.74, 6) is 0. The summed E-state index contributed by atoms with van der Waals surface area (Å²) in [6.07, 6.45) is 6.07. The molecule has 0 atom stereocenters. The molecule has 0 amide bonds. The van der Waals surface area contributed by atoms with Gasteiger partial charge in [-0.15, -0.1) is 0 Å². The molecule has 2 heteroatoms. The monoisotopic (exact) mass is 208 g/mol. The minimum Gasteiger partial charge on any atom is -0.358 e. The van der Waals surface area contributed by atoms with Crippen molar-refractivity contribution in [1.29, 1.82) is 0 Å². The topological polar surface area (TPSA) is 0 Å². The minimum absolute atomic E-state index is 0. The third-order valence-corrected chi connectivity index (χ3v) is 6.68. The van der Waals surface area contributed by atoms with E-state index in [9.17, 15) is 0 Å². The Kier molecular flexibility index (Phi) is 10.2. The van der Waals surface area contributed by atoms with Crippen molar-refractivity contribution in [2.75, 3.05) is 0 Å². The van der Waals surface area contributed by atoms with Gasteiger partial charge in [0.2, 0.25) is 0 Å². The van der Waals surface area contributed by atoms with Crippen molar-refractivity contribution in [3.63, 3.8) is 0 Å². The summed E-state index contributed by atoms with van der Waals surface area (Å²) < 4.78 is 0. The van der Waals surface area contributed by atoms with Crippen LogP contribution in [0.1, 0.15) is 53.4 Å². The van der Waals surface area contributed by atoms with Crippen LogP contribution in [0.3, 0.4) is 0 Å². The van der Waals surface area contributed by atoms with Gasteiger partial charge in [0.15, 0.2) is 0 Å². The first-order valence-corrected chi connectivity index (χ1v) is 6.95. The van der Waals surface area contributed by atoms with Crippen molar-refractivity contribution >= 4 is 7.92 Å². The summed E-state index contributed by atoms with van der Waals surface area (Å²) in [7, 11) is 0.320. The van der Waals surface area contributed by atoms with E-state index in [-0.39, 0.29) is 26.3 Å². The summed E-state index contributed by atoms with van der Waals surface area (Å²) >= 11 is 0. The fraction of sp³-hybridized carbons (Fsp3) is 0.917. The quantitative estimate of drug-likeness (QED) is 0.376. The van der Waals surface area contributed by atoms with Crippen molar-refractivity contribution in [2.45, 2.75) is 70.4 Å². The standard InChI is InChI=1S/C11H23P.CH3.Li/c1-9(2)12(10(3)4)11-7-5-6-8-11;;/h9-11H,5-8H2,1-4H3;1H3;/q;-1;+1. The maximum absolute atomic E-state index is 2.42. The zero-order chi connectivity index (χ0) is 9.14. The molecule has 0 nitrogen and oxygen atoms in total. The maximum Gasteiger partial charge on any atom is 1.00 e. The molecule has 0 aliphatic heterocycles. The Morgan fingerprint density at radius 2 is 1.29 bits per heavy atom. The summed E-state index contributed by atoms with van der Waals surface area (Å²) in [6.45, 7) is 9.68. The van der Waals surface area contributed by atoms with Gasteiger partial charge in [-0.25, -0.2) is 0 Å². The SMILES string of the molecule is CC(C)P(C(C)C)C1CCCC1.[CH3-].[Li+]. The van der Waals surface area contributed by atoms with Crippen LogP contribution in [0.25, 0.3) is 0 Å². The summed E-state index contributed by atoms with van der Waals surface area (Å²) in [6, 6.07) is 0. The molecule has 1 rings (SSSR count). The van der Waals surface area contributed by atoms with Gasteiger partial charge in [-0.1, -0.05) is 48.5 Å².